The lowest BCUT2D eigenvalue weighted by molar-refractivity contribution is -0.125. The van der Waals surface area contributed by atoms with Crippen LogP contribution in [0.1, 0.15) is 24.8 Å². The number of carbonyl (C=O) groups is 1. The van der Waals surface area contributed by atoms with Gasteiger partial charge in [-0.3, -0.25) is 4.79 Å². The summed E-state index contributed by atoms with van der Waals surface area (Å²) >= 11 is 0. The van der Waals surface area contributed by atoms with Gasteiger partial charge in [0.05, 0.1) is 14.2 Å². The lowest BCUT2D eigenvalue weighted by Crippen LogP contribution is -2.36. The van der Waals surface area contributed by atoms with E-state index in [1.807, 2.05) is 18.2 Å². The monoisotopic (exact) mass is 306 g/mol. The van der Waals surface area contributed by atoms with Crippen molar-refractivity contribution >= 4 is 5.91 Å². The smallest absolute Gasteiger partial charge is 0.223 e. The van der Waals surface area contributed by atoms with Gasteiger partial charge in [-0.15, -0.1) is 0 Å². The van der Waals surface area contributed by atoms with Crippen LogP contribution < -0.4 is 20.5 Å². The van der Waals surface area contributed by atoms with E-state index in [9.17, 15) is 4.79 Å². The average molecular weight is 306 g/mol. The SMILES string of the molecule is COc1ccc(CCNC(=O)[C@@H]2CCC[C@@H]2CN)cc1OC. The highest BCUT2D eigenvalue weighted by atomic mass is 16.5. The van der Waals surface area contributed by atoms with E-state index in [2.05, 4.69) is 5.32 Å². The highest BCUT2D eigenvalue weighted by Gasteiger charge is 2.31. The molecule has 1 aliphatic carbocycles. The van der Waals surface area contributed by atoms with E-state index in [1.165, 1.54) is 0 Å². The normalized spacial score (nSPS) is 20.7. The average Bonchev–Trinajstić information content (AvgIpc) is 3.03. The topological polar surface area (TPSA) is 73.6 Å². The highest BCUT2D eigenvalue weighted by molar-refractivity contribution is 5.79. The lowest BCUT2D eigenvalue weighted by atomic mass is 9.95. The molecule has 0 heterocycles. The van der Waals surface area contributed by atoms with Gasteiger partial charge in [0.2, 0.25) is 5.91 Å². The summed E-state index contributed by atoms with van der Waals surface area (Å²) in [7, 11) is 3.24. The van der Waals surface area contributed by atoms with Crippen LogP contribution in [-0.2, 0) is 11.2 Å². The summed E-state index contributed by atoms with van der Waals surface area (Å²) < 4.78 is 10.5. The second kappa shape index (κ2) is 8.03. The van der Waals surface area contributed by atoms with Crippen molar-refractivity contribution < 1.29 is 14.3 Å². The molecule has 0 aliphatic heterocycles. The third-order valence-electron chi connectivity index (χ3n) is 4.46. The quantitative estimate of drug-likeness (QED) is 0.805. The van der Waals surface area contributed by atoms with Crippen molar-refractivity contribution in [1.82, 2.24) is 5.32 Å². The summed E-state index contributed by atoms with van der Waals surface area (Å²) in [5.74, 6) is 2.02. The Morgan fingerprint density at radius 3 is 2.73 bits per heavy atom. The Hall–Kier alpha value is -1.75. The van der Waals surface area contributed by atoms with Crippen molar-refractivity contribution in [2.75, 3.05) is 27.3 Å². The molecular formula is C17H26N2O3. The van der Waals surface area contributed by atoms with Gasteiger partial charge in [0.1, 0.15) is 0 Å². The molecule has 2 atom stereocenters. The predicted octanol–water partition coefficient (Wildman–Crippen LogP) is 1.74. The van der Waals surface area contributed by atoms with Gasteiger partial charge in [0.25, 0.3) is 0 Å². The summed E-state index contributed by atoms with van der Waals surface area (Å²) in [4.78, 5) is 12.2. The summed E-state index contributed by atoms with van der Waals surface area (Å²) in [6.45, 7) is 1.23. The number of benzene rings is 1. The molecule has 3 N–H and O–H groups in total. The molecule has 0 bridgehead atoms. The molecule has 0 aromatic heterocycles. The number of hydrogen-bond donors (Lipinski definition) is 2. The molecule has 1 aromatic carbocycles. The van der Waals surface area contributed by atoms with E-state index >= 15 is 0 Å². The van der Waals surface area contributed by atoms with Crippen LogP contribution in [0.3, 0.4) is 0 Å². The van der Waals surface area contributed by atoms with Crippen molar-refractivity contribution in [3.63, 3.8) is 0 Å². The molecule has 22 heavy (non-hydrogen) atoms. The van der Waals surface area contributed by atoms with Gasteiger partial charge in [-0.2, -0.15) is 0 Å². The number of methoxy groups -OCH3 is 2. The molecule has 0 spiro atoms. The van der Waals surface area contributed by atoms with E-state index in [-0.39, 0.29) is 11.8 Å². The number of nitrogens with two attached hydrogens (primary N) is 1. The minimum absolute atomic E-state index is 0.0930. The maximum atomic E-state index is 12.2. The first-order valence-corrected chi connectivity index (χ1v) is 7.88. The van der Waals surface area contributed by atoms with Crippen molar-refractivity contribution in [2.45, 2.75) is 25.7 Å². The molecular weight excluding hydrogens is 280 g/mol. The Labute approximate surface area is 132 Å². The molecule has 1 aromatic rings. The molecule has 2 rings (SSSR count). The number of ether oxygens (including phenoxy) is 2. The van der Waals surface area contributed by atoms with Crippen LogP contribution in [0.15, 0.2) is 18.2 Å². The summed E-state index contributed by atoms with van der Waals surface area (Å²) in [5.41, 5.74) is 6.85. The Balaban J connectivity index is 1.84. The van der Waals surface area contributed by atoms with E-state index in [0.717, 1.165) is 31.2 Å². The fourth-order valence-electron chi connectivity index (χ4n) is 3.16. The number of hydrogen-bond acceptors (Lipinski definition) is 4. The molecule has 0 unspecified atom stereocenters. The van der Waals surface area contributed by atoms with Crippen LogP contribution in [-0.4, -0.2) is 33.2 Å². The largest absolute Gasteiger partial charge is 0.493 e. The standard InChI is InChI=1S/C17H26N2O3/c1-21-15-7-6-12(10-16(15)22-2)8-9-19-17(20)14-5-3-4-13(14)11-18/h6-7,10,13-14H,3-5,8-9,11,18H2,1-2H3,(H,19,20)/t13-,14-/m1/s1. The van der Waals surface area contributed by atoms with E-state index in [1.54, 1.807) is 14.2 Å². The zero-order valence-electron chi connectivity index (χ0n) is 13.4. The first-order valence-electron chi connectivity index (χ1n) is 7.88. The summed E-state index contributed by atoms with van der Waals surface area (Å²) in [5, 5.41) is 3.04. The van der Waals surface area contributed by atoms with Gasteiger partial charge < -0.3 is 20.5 Å². The Morgan fingerprint density at radius 1 is 1.27 bits per heavy atom. The molecule has 5 heteroatoms. The number of amides is 1. The Bertz CT molecular complexity index is 505. The molecule has 5 nitrogen and oxygen atoms in total. The maximum absolute atomic E-state index is 12.2. The van der Waals surface area contributed by atoms with Crippen molar-refractivity contribution in [1.29, 1.82) is 0 Å². The summed E-state index contributed by atoms with van der Waals surface area (Å²) in [6.07, 6.45) is 3.91. The number of rotatable bonds is 7. The highest BCUT2D eigenvalue weighted by Crippen LogP contribution is 2.31. The molecule has 1 aliphatic rings. The van der Waals surface area contributed by atoms with Crippen LogP contribution >= 0.6 is 0 Å². The zero-order valence-corrected chi connectivity index (χ0v) is 13.4. The van der Waals surface area contributed by atoms with Gasteiger partial charge in [0.15, 0.2) is 11.5 Å². The molecule has 0 saturated heterocycles. The second-order valence-corrected chi connectivity index (χ2v) is 5.76. The lowest BCUT2D eigenvalue weighted by Gasteiger charge is -2.17. The minimum Gasteiger partial charge on any atom is -0.493 e. The fraction of sp³-hybridized carbons (Fsp3) is 0.588. The molecule has 0 radical (unpaired) electrons. The van der Waals surface area contributed by atoms with Crippen molar-refractivity contribution in [2.24, 2.45) is 17.6 Å². The van der Waals surface area contributed by atoms with Gasteiger partial charge in [-0.05, 0) is 49.4 Å². The van der Waals surface area contributed by atoms with E-state index in [4.69, 9.17) is 15.2 Å². The first kappa shape index (κ1) is 16.6. The Kier molecular flexibility index (Phi) is 6.07. The van der Waals surface area contributed by atoms with E-state index in [0.29, 0.717) is 30.5 Å². The van der Waals surface area contributed by atoms with E-state index < -0.39 is 0 Å². The van der Waals surface area contributed by atoms with Gasteiger partial charge in [-0.25, -0.2) is 0 Å². The predicted molar refractivity (Wildman–Crippen MR) is 86.1 cm³/mol. The molecule has 122 valence electrons. The molecule has 1 fully saturated rings. The maximum Gasteiger partial charge on any atom is 0.223 e. The number of nitrogens with one attached hydrogen (secondary N) is 1. The Morgan fingerprint density at radius 2 is 2.05 bits per heavy atom. The van der Waals surface area contributed by atoms with Crippen LogP contribution in [0.25, 0.3) is 0 Å². The number of carbonyl (C=O) groups excluding carboxylic acids is 1. The molecule has 1 amide bonds. The van der Waals surface area contributed by atoms with Crippen LogP contribution in [0.2, 0.25) is 0 Å². The van der Waals surface area contributed by atoms with Gasteiger partial charge in [-0.1, -0.05) is 12.5 Å². The van der Waals surface area contributed by atoms with Gasteiger partial charge in [0, 0.05) is 12.5 Å². The second-order valence-electron chi connectivity index (χ2n) is 5.76. The fourth-order valence-corrected chi connectivity index (χ4v) is 3.16. The molecule has 1 saturated carbocycles. The van der Waals surface area contributed by atoms with Gasteiger partial charge >= 0.3 is 0 Å². The first-order chi connectivity index (χ1) is 10.7. The third-order valence-corrected chi connectivity index (χ3v) is 4.46. The van der Waals surface area contributed by atoms with Crippen molar-refractivity contribution in [3.8, 4) is 11.5 Å². The van der Waals surface area contributed by atoms with Crippen LogP contribution in [0, 0.1) is 11.8 Å². The van der Waals surface area contributed by atoms with Crippen LogP contribution in [0.5, 0.6) is 11.5 Å². The zero-order chi connectivity index (χ0) is 15.9. The van der Waals surface area contributed by atoms with Crippen molar-refractivity contribution in [3.05, 3.63) is 23.8 Å². The van der Waals surface area contributed by atoms with Crippen LogP contribution in [0.4, 0.5) is 0 Å². The summed E-state index contributed by atoms with van der Waals surface area (Å²) in [6, 6.07) is 5.83. The third kappa shape index (κ3) is 3.91. The minimum atomic E-state index is 0.0930.